The van der Waals surface area contributed by atoms with E-state index in [9.17, 15) is 8.42 Å². The molecule has 0 radical (unpaired) electrons. The van der Waals surface area contributed by atoms with Crippen molar-refractivity contribution < 1.29 is 8.42 Å². The molecule has 1 heterocycles. The van der Waals surface area contributed by atoms with Gasteiger partial charge in [-0.3, -0.25) is 0 Å². The molecule has 1 aromatic heterocycles. The van der Waals surface area contributed by atoms with Gasteiger partial charge in [-0.2, -0.15) is 5.26 Å². The maximum atomic E-state index is 12.2. The summed E-state index contributed by atoms with van der Waals surface area (Å²) in [6.45, 7) is 2.55. The van der Waals surface area contributed by atoms with Gasteiger partial charge in [0.2, 0.25) is 10.0 Å². The van der Waals surface area contributed by atoms with Crippen molar-refractivity contribution in [3.05, 3.63) is 40.9 Å². The van der Waals surface area contributed by atoms with Crippen molar-refractivity contribution >= 4 is 21.6 Å². The average Bonchev–Trinajstić information content (AvgIpc) is 2.92. The van der Waals surface area contributed by atoms with E-state index in [2.05, 4.69) is 14.9 Å². The molecule has 0 amide bonds. The number of aromatic nitrogens is 3. The van der Waals surface area contributed by atoms with Crippen molar-refractivity contribution in [1.82, 2.24) is 19.5 Å². The smallest absolute Gasteiger partial charge is 0.242 e. The van der Waals surface area contributed by atoms with Crippen LogP contribution in [0, 0.1) is 11.3 Å². The highest BCUT2D eigenvalue weighted by atomic mass is 35.5. The molecule has 21 heavy (non-hydrogen) atoms. The summed E-state index contributed by atoms with van der Waals surface area (Å²) in [6.07, 6.45) is 1.53. The quantitative estimate of drug-likeness (QED) is 0.893. The second kappa shape index (κ2) is 6.22. The van der Waals surface area contributed by atoms with E-state index in [1.165, 1.54) is 24.5 Å². The lowest BCUT2D eigenvalue weighted by atomic mass is 10.2. The van der Waals surface area contributed by atoms with Gasteiger partial charge in [-0.05, 0) is 25.1 Å². The van der Waals surface area contributed by atoms with Crippen LogP contribution in [0.5, 0.6) is 0 Å². The molecule has 2 rings (SSSR count). The fourth-order valence-corrected chi connectivity index (χ4v) is 3.23. The Kier molecular flexibility index (Phi) is 4.57. The van der Waals surface area contributed by atoms with E-state index in [-0.39, 0.29) is 16.5 Å². The molecule has 1 aromatic carbocycles. The van der Waals surface area contributed by atoms with E-state index in [0.29, 0.717) is 17.9 Å². The maximum absolute atomic E-state index is 12.2. The van der Waals surface area contributed by atoms with Gasteiger partial charge in [-0.25, -0.2) is 13.1 Å². The third-order valence-corrected chi connectivity index (χ3v) is 4.69. The highest BCUT2D eigenvalue weighted by Crippen LogP contribution is 2.22. The number of rotatable bonds is 5. The number of nitriles is 1. The van der Waals surface area contributed by atoms with Gasteiger partial charge in [0.1, 0.15) is 17.0 Å². The average molecular weight is 326 g/mol. The van der Waals surface area contributed by atoms with Gasteiger partial charge in [0.05, 0.1) is 23.2 Å². The summed E-state index contributed by atoms with van der Waals surface area (Å²) in [5.41, 5.74) is 0.296. The van der Waals surface area contributed by atoms with E-state index in [1.807, 2.05) is 13.0 Å². The molecule has 0 atom stereocenters. The van der Waals surface area contributed by atoms with Crippen LogP contribution in [0.25, 0.3) is 0 Å². The summed E-state index contributed by atoms with van der Waals surface area (Å²) in [5, 5.41) is 16.3. The molecule has 110 valence electrons. The van der Waals surface area contributed by atoms with Crippen molar-refractivity contribution in [3.8, 4) is 6.07 Å². The van der Waals surface area contributed by atoms with Crippen molar-refractivity contribution in [1.29, 1.82) is 5.26 Å². The zero-order chi connectivity index (χ0) is 15.5. The van der Waals surface area contributed by atoms with E-state index >= 15 is 0 Å². The molecule has 0 unspecified atom stereocenters. The van der Waals surface area contributed by atoms with Crippen LogP contribution in [-0.2, 0) is 23.1 Å². The molecular weight excluding hydrogens is 314 g/mol. The fraction of sp³-hybridized carbons (Fsp3) is 0.250. The van der Waals surface area contributed by atoms with Gasteiger partial charge in [0.25, 0.3) is 0 Å². The van der Waals surface area contributed by atoms with Crippen molar-refractivity contribution in [3.63, 3.8) is 0 Å². The number of nitrogens with zero attached hydrogens (tertiary/aromatic N) is 4. The third-order valence-electron chi connectivity index (χ3n) is 2.81. The number of halogens is 1. The van der Waals surface area contributed by atoms with E-state index in [4.69, 9.17) is 16.9 Å². The van der Waals surface area contributed by atoms with Crippen molar-refractivity contribution in [2.45, 2.75) is 24.9 Å². The highest BCUT2D eigenvalue weighted by Gasteiger charge is 2.19. The summed E-state index contributed by atoms with van der Waals surface area (Å²) in [4.78, 5) is -0.0780. The van der Waals surface area contributed by atoms with Crippen LogP contribution in [0.15, 0.2) is 29.4 Å². The van der Waals surface area contributed by atoms with Gasteiger partial charge in [0, 0.05) is 6.54 Å². The second-order valence-electron chi connectivity index (χ2n) is 4.11. The number of nitrogens with one attached hydrogen (secondary N) is 1. The Morgan fingerprint density at radius 2 is 2.24 bits per heavy atom. The zero-order valence-electron chi connectivity index (χ0n) is 11.1. The Hall–Kier alpha value is -1.95. The van der Waals surface area contributed by atoms with Crippen LogP contribution in [0.4, 0.5) is 0 Å². The van der Waals surface area contributed by atoms with Gasteiger partial charge >= 0.3 is 0 Å². The lowest BCUT2D eigenvalue weighted by Crippen LogP contribution is -2.25. The molecule has 0 saturated carbocycles. The minimum atomic E-state index is -3.79. The molecule has 0 aliphatic rings. The number of hydrogen-bond acceptors (Lipinski definition) is 5. The van der Waals surface area contributed by atoms with Gasteiger partial charge in [0.15, 0.2) is 0 Å². The van der Waals surface area contributed by atoms with Gasteiger partial charge in [-0.15, -0.1) is 10.2 Å². The van der Waals surface area contributed by atoms with Crippen LogP contribution in [0.1, 0.15) is 18.3 Å². The SMILES string of the molecule is CCn1cnnc1CNS(=O)(=O)c1ccc(C#N)cc1Cl. The van der Waals surface area contributed by atoms with Crippen LogP contribution in [0.3, 0.4) is 0 Å². The summed E-state index contributed by atoms with van der Waals surface area (Å²) >= 11 is 5.91. The first kappa shape index (κ1) is 15.4. The summed E-state index contributed by atoms with van der Waals surface area (Å²) < 4.78 is 28.6. The van der Waals surface area contributed by atoms with E-state index in [0.717, 1.165) is 0 Å². The third kappa shape index (κ3) is 3.39. The van der Waals surface area contributed by atoms with Crippen molar-refractivity contribution in [2.75, 3.05) is 0 Å². The monoisotopic (exact) mass is 325 g/mol. The topological polar surface area (TPSA) is 101 Å². The second-order valence-corrected chi connectivity index (χ2v) is 6.26. The first-order valence-corrected chi connectivity index (χ1v) is 7.90. The number of hydrogen-bond donors (Lipinski definition) is 1. The Morgan fingerprint density at radius 3 is 2.86 bits per heavy atom. The minimum Gasteiger partial charge on any atom is -0.317 e. The number of benzene rings is 1. The summed E-state index contributed by atoms with van der Waals surface area (Å²) in [5.74, 6) is 0.505. The molecule has 9 heteroatoms. The van der Waals surface area contributed by atoms with Crippen LogP contribution >= 0.6 is 11.6 Å². The summed E-state index contributed by atoms with van der Waals surface area (Å²) in [6, 6.07) is 5.90. The Labute approximate surface area is 127 Å². The van der Waals surface area contributed by atoms with E-state index in [1.54, 1.807) is 4.57 Å². The molecule has 0 saturated heterocycles. The van der Waals surface area contributed by atoms with Gasteiger partial charge < -0.3 is 4.57 Å². The number of aryl methyl sites for hydroxylation is 1. The molecule has 2 aromatic rings. The molecule has 0 aliphatic carbocycles. The molecule has 7 nitrogen and oxygen atoms in total. The molecule has 1 N–H and O–H groups in total. The van der Waals surface area contributed by atoms with Crippen molar-refractivity contribution in [2.24, 2.45) is 0 Å². The first-order chi connectivity index (χ1) is 9.97. The fourth-order valence-electron chi connectivity index (χ4n) is 1.71. The summed E-state index contributed by atoms with van der Waals surface area (Å²) in [7, 11) is -3.79. The van der Waals surface area contributed by atoms with Gasteiger partial charge in [-0.1, -0.05) is 11.6 Å². The number of sulfonamides is 1. The van der Waals surface area contributed by atoms with Crippen LogP contribution in [-0.4, -0.2) is 23.2 Å². The lowest BCUT2D eigenvalue weighted by molar-refractivity contribution is 0.575. The highest BCUT2D eigenvalue weighted by molar-refractivity contribution is 7.89. The van der Waals surface area contributed by atoms with Crippen LogP contribution in [0.2, 0.25) is 5.02 Å². The molecule has 0 aliphatic heterocycles. The Morgan fingerprint density at radius 1 is 1.48 bits per heavy atom. The molecule has 0 spiro atoms. The lowest BCUT2D eigenvalue weighted by Gasteiger charge is -2.08. The predicted octanol–water partition coefficient (Wildman–Crippen LogP) is 1.30. The molecule has 0 bridgehead atoms. The maximum Gasteiger partial charge on any atom is 0.242 e. The first-order valence-electron chi connectivity index (χ1n) is 6.04. The Balaban J connectivity index is 2.21. The molecular formula is C12H12ClN5O2S. The predicted molar refractivity (Wildman–Crippen MR) is 75.9 cm³/mol. The normalized spacial score (nSPS) is 11.3. The largest absolute Gasteiger partial charge is 0.317 e. The molecule has 0 fully saturated rings. The Bertz CT molecular complexity index is 794. The zero-order valence-corrected chi connectivity index (χ0v) is 12.7. The minimum absolute atomic E-state index is 0.00138. The standard InChI is InChI=1S/C12H12ClN5O2S/c1-2-18-8-15-17-12(18)7-16-21(19,20)11-4-3-9(6-14)5-10(11)13/h3-5,8,16H,2,7H2,1H3. The van der Waals surface area contributed by atoms with Crippen LogP contribution < -0.4 is 4.72 Å². The van der Waals surface area contributed by atoms with E-state index < -0.39 is 10.0 Å².